The van der Waals surface area contributed by atoms with Gasteiger partial charge in [0.1, 0.15) is 0 Å². The van der Waals surface area contributed by atoms with Crippen molar-refractivity contribution in [1.29, 1.82) is 0 Å². The SMILES string of the molecule is C=C(C)C=CC=C(C)C=COC(C)=O. The number of hydrogen-bond donors (Lipinski definition) is 0. The van der Waals surface area contributed by atoms with E-state index in [4.69, 9.17) is 0 Å². The Kier molecular flexibility index (Phi) is 6.12. The van der Waals surface area contributed by atoms with Crippen LogP contribution >= 0.6 is 0 Å². The molecule has 0 saturated carbocycles. The smallest absolute Gasteiger partial charge is 0.307 e. The van der Waals surface area contributed by atoms with E-state index in [1.165, 1.54) is 13.2 Å². The topological polar surface area (TPSA) is 26.3 Å². The normalized spacial score (nSPS) is 12.4. The lowest BCUT2D eigenvalue weighted by molar-refractivity contribution is -0.135. The minimum absolute atomic E-state index is 0.313. The number of ether oxygens (including phenoxy) is 1. The summed E-state index contributed by atoms with van der Waals surface area (Å²) in [6, 6.07) is 0. The molecule has 0 fully saturated rings. The molecule has 0 amide bonds. The highest BCUT2D eigenvalue weighted by molar-refractivity contribution is 5.66. The van der Waals surface area contributed by atoms with Gasteiger partial charge in [0.25, 0.3) is 0 Å². The first kappa shape index (κ1) is 12.4. The lowest BCUT2D eigenvalue weighted by Crippen LogP contribution is -1.89. The van der Waals surface area contributed by atoms with Crippen molar-refractivity contribution >= 4 is 5.97 Å². The van der Waals surface area contributed by atoms with Crippen LogP contribution in [0.5, 0.6) is 0 Å². The number of rotatable bonds is 4. The molecule has 76 valence electrons. The van der Waals surface area contributed by atoms with E-state index in [-0.39, 0.29) is 5.97 Å². The van der Waals surface area contributed by atoms with Crippen molar-refractivity contribution in [2.45, 2.75) is 20.8 Å². The van der Waals surface area contributed by atoms with E-state index >= 15 is 0 Å². The van der Waals surface area contributed by atoms with Gasteiger partial charge in [-0.25, -0.2) is 0 Å². The minimum Gasteiger partial charge on any atom is -0.435 e. The van der Waals surface area contributed by atoms with Gasteiger partial charge in [-0.2, -0.15) is 0 Å². The molecular weight excluding hydrogens is 176 g/mol. The van der Waals surface area contributed by atoms with Crippen LogP contribution in [-0.4, -0.2) is 5.97 Å². The Bertz CT molecular complexity index is 293. The van der Waals surface area contributed by atoms with E-state index in [1.54, 1.807) is 6.08 Å². The second kappa shape index (κ2) is 6.89. The number of hydrogen-bond acceptors (Lipinski definition) is 2. The Balaban J connectivity index is 4.06. The fourth-order valence-corrected chi connectivity index (χ4v) is 0.657. The highest BCUT2D eigenvalue weighted by Gasteiger charge is 1.84. The van der Waals surface area contributed by atoms with Gasteiger partial charge in [-0.05, 0) is 25.5 Å². The first-order chi connectivity index (χ1) is 6.52. The van der Waals surface area contributed by atoms with Crippen molar-refractivity contribution in [1.82, 2.24) is 0 Å². The molecule has 0 aromatic rings. The van der Waals surface area contributed by atoms with Crippen molar-refractivity contribution in [2.75, 3.05) is 0 Å². The molecule has 0 N–H and O–H groups in total. The third kappa shape index (κ3) is 8.53. The summed E-state index contributed by atoms with van der Waals surface area (Å²) in [6.07, 6.45) is 8.82. The van der Waals surface area contributed by atoms with Crippen LogP contribution in [0.2, 0.25) is 0 Å². The second-order valence-corrected chi connectivity index (χ2v) is 3.03. The van der Waals surface area contributed by atoms with Gasteiger partial charge in [-0.3, -0.25) is 4.79 Å². The van der Waals surface area contributed by atoms with E-state index in [1.807, 2.05) is 32.1 Å². The maximum absolute atomic E-state index is 10.4. The summed E-state index contributed by atoms with van der Waals surface area (Å²) in [5.74, 6) is -0.313. The zero-order chi connectivity index (χ0) is 11.0. The van der Waals surface area contributed by atoms with E-state index in [0.717, 1.165) is 11.1 Å². The average molecular weight is 192 g/mol. The van der Waals surface area contributed by atoms with Crippen LogP contribution in [-0.2, 0) is 9.53 Å². The maximum atomic E-state index is 10.4. The highest BCUT2D eigenvalue weighted by atomic mass is 16.5. The van der Waals surface area contributed by atoms with Gasteiger partial charge < -0.3 is 4.74 Å². The van der Waals surface area contributed by atoms with Crippen molar-refractivity contribution in [2.24, 2.45) is 0 Å². The molecule has 0 aromatic carbocycles. The van der Waals surface area contributed by atoms with Crippen molar-refractivity contribution in [3.05, 3.63) is 48.3 Å². The fraction of sp³-hybridized carbons (Fsp3) is 0.250. The molecule has 0 aromatic heterocycles. The molecule has 0 unspecified atom stereocenters. The van der Waals surface area contributed by atoms with Crippen LogP contribution < -0.4 is 0 Å². The molecule has 0 rings (SSSR count). The lowest BCUT2D eigenvalue weighted by atomic mass is 10.2. The molecule has 0 spiro atoms. The molecule has 0 aliphatic carbocycles. The van der Waals surface area contributed by atoms with E-state index in [0.29, 0.717) is 0 Å². The summed E-state index contributed by atoms with van der Waals surface area (Å²) in [4.78, 5) is 10.4. The quantitative estimate of drug-likeness (QED) is 0.388. The van der Waals surface area contributed by atoms with Crippen LogP contribution in [0.3, 0.4) is 0 Å². The molecule has 0 aliphatic rings. The van der Waals surface area contributed by atoms with E-state index in [9.17, 15) is 4.79 Å². The summed E-state index contributed by atoms with van der Waals surface area (Å²) in [5, 5.41) is 0. The van der Waals surface area contributed by atoms with Gasteiger partial charge >= 0.3 is 5.97 Å². The van der Waals surface area contributed by atoms with Crippen LogP contribution in [0.1, 0.15) is 20.8 Å². The average Bonchev–Trinajstić information content (AvgIpc) is 2.02. The van der Waals surface area contributed by atoms with Gasteiger partial charge in [-0.15, -0.1) is 0 Å². The molecule has 14 heavy (non-hydrogen) atoms. The Hall–Kier alpha value is -1.57. The van der Waals surface area contributed by atoms with Gasteiger partial charge in [0.15, 0.2) is 0 Å². The van der Waals surface area contributed by atoms with Crippen LogP contribution in [0.25, 0.3) is 0 Å². The number of carbonyl (C=O) groups is 1. The third-order valence-corrected chi connectivity index (χ3v) is 1.30. The first-order valence-electron chi connectivity index (χ1n) is 4.36. The molecular formula is C12H16O2. The van der Waals surface area contributed by atoms with Gasteiger partial charge in [0.2, 0.25) is 0 Å². The minimum atomic E-state index is -0.313. The Morgan fingerprint density at radius 2 is 1.86 bits per heavy atom. The summed E-state index contributed by atoms with van der Waals surface area (Å²) in [5.41, 5.74) is 2.00. The summed E-state index contributed by atoms with van der Waals surface area (Å²) >= 11 is 0. The fourth-order valence-electron chi connectivity index (χ4n) is 0.657. The number of esters is 1. The predicted octanol–water partition coefficient (Wildman–Crippen LogP) is 3.14. The Morgan fingerprint density at radius 3 is 2.36 bits per heavy atom. The Labute approximate surface area is 85.3 Å². The second-order valence-electron chi connectivity index (χ2n) is 3.03. The molecule has 0 bridgehead atoms. The van der Waals surface area contributed by atoms with Crippen molar-refractivity contribution in [3.63, 3.8) is 0 Å². The van der Waals surface area contributed by atoms with Gasteiger partial charge in [0, 0.05) is 6.92 Å². The number of allylic oxidation sites excluding steroid dienone is 6. The summed E-state index contributed by atoms with van der Waals surface area (Å²) in [6.45, 7) is 8.94. The maximum Gasteiger partial charge on any atom is 0.307 e. The molecule has 0 heterocycles. The zero-order valence-corrected chi connectivity index (χ0v) is 8.91. The van der Waals surface area contributed by atoms with Gasteiger partial charge in [0.05, 0.1) is 6.26 Å². The molecule has 2 heteroatoms. The zero-order valence-electron chi connectivity index (χ0n) is 8.91. The molecule has 0 saturated heterocycles. The standard InChI is InChI=1S/C12H16O2/c1-10(2)6-5-7-11(3)8-9-14-12(4)13/h5-9H,1H2,2-4H3. The van der Waals surface area contributed by atoms with E-state index < -0.39 is 0 Å². The van der Waals surface area contributed by atoms with Crippen molar-refractivity contribution in [3.8, 4) is 0 Å². The summed E-state index contributed by atoms with van der Waals surface area (Å²) in [7, 11) is 0. The van der Waals surface area contributed by atoms with Crippen LogP contribution in [0.4, 0.5) is 0 Å². The van der Waals surface area contributed by atoms with Gasteiger partial charge in [-0.1, -0.05) is 30.4 Å². The molecule has 0 atom stereocenters. The largest absolute Gasteiger partial charge is 0.435 e. The highest BCUT2D eigenvalue weighted by Crippen LogP contribution is 1.97. The van der Waals surface area contributed by atoms with E-state index in [2.05, 4.69) is 11.3 Å². The lowest BCUT2D eigenvalue weighted by Gasteiger charge is -1.91. The summed E-state index contributed by atoms with van der Waals surface area (Å²) < 4.78 is 4.64. The van der Waals surface area contributed by atoms with Crippen LogP contribution in [0.15, 0.2) is 48.3 Å². The molecule has 0 aliphatic heterocycles. The first-order valence-corrected chi connectivity index (χ1v) is 4.36. The predicted molar refractivity (Wildman–Crippen MR) is 58.6 cm³/mol. The monoisotopic (exact) mass is 192 g/mol. The number of carbonyl (C=O) groups excluding carboxylic acids is 1. The molecule has 2 nitrogen and oxygen atoms in total. The molecule has 0 radical (unpaired) electrons. The third-order valence-electron chi connectivity index (χ3n) is 1.30. The Morgan fingerprint density at radius 1 is 1.21 bits per heavy atom. The van der Waals surface area contributed by atoms with Crippen molar-refractivity contribution < 1.29 is 9.53 Å². The van der Waals surface area contributed by atoms with Crippen LogP contribution in [0, 0.1) is 0 Å².